The quantitative estimate of drug-likeness (QED) is 0.547. The van der Waals surface area contributed by atoms with Crippen LogP contribution in [-0.4, -0.2) is 20.4 Å². The van der Waals surface area contributed by atoms with Crippen LogP contribution in [0.15, 0.2) is 66.7 Å². The molecule has 0 unspecified atom stereocenters. The summed E-state index contributed by atoms with van der Waals surface area (Å²) in [7, 11) is -3.52. The van der Waals surface area contributed by atoms with Crippen molar-refractivity contribution in [1.29, 1.82) is 0 Å². The van der Waals surface area contributed by atoms with Gasteiger partial charge in [0, 0.05) is 22.0 Å². The molecule has 0 saturated heterocycles. The number of hydrogen-bond donors (Lipinski definition) is 4. The summed E-state index contributed by atoms with van der Waals surface area (Å²) in [5.74, 6) is -0.578. The second-order valence-corrected chi connectivity index (χ2v) is 8.12. The van der Waals surface area contributed by atoms with Crippen LogP contribution in [0.2, 0.25) is 0 Å². The lowest BCUT2D eigenvalue weighted by molar-refractivity contribution is 0.451. The Hall–Kier alpha value is -2.91. The molecule has 4 N–H and O–H groups in total. The molecule has 122 valence electrons. The predicted octanol–water partition coefficient (Wildman–Crippen LogP) is 2.15. The molecule has 0 fully saturated rings. The van der Waals surface area contributed by atoms with E-state index in [1.165, 1.54) is 36.4 Å². The number of rotatable bonds is 3. The zero-order chi connectivity index (χ0) is 17.3. The minimum atomic E-state index is -3.52. The van der Waals surface area contributed by atoms with Crippen LogP contribution in [0, 0.1) is 0 Å². The fourth-order valence-electron chi connectivity index (χ4n) is 2.59. The number of phenols is 4. The maximum Gasteiger partial charge on any atom is 0.171 e. The average Bonchev–Trinajstić information content (AvgIpc) is 2.53. The predicted molar refractivity (Wildman–Crippen MR) is 92.5 cm³/mol. The highest BCUT2D eigenvalue weighted by Crippen LogP contribution is 2.44. The van der Waals surface area contributed by atoms with E-state index in [1.54, 1.807) is 24.3 Å². The largest absolute Gasteiger partial charge is 0.508 e. The summed E-state index contributed by atoms with van der Waals surface area (Å²) in [6.07, 6.45) is 0. The van der Waals surface area contributed by atoms with Gasteiger partial charge in [0.2, 0.25) is 0 Å². The van der Waals surface area contributed by atoms with Crippen LogP contribution in [-0.2, 0) is 4.57 Å². The second kappa shape index (κ2) is 5.95. The number of phenolic OH excluding ortho intramolecular Hbond substituents is 4. The van der Waals surface area contributed by atoms with E-state index >= 15 is 0 Å². The maximum absolute atomic E-state index is 14.0. The lowest BCUT2D eigenvalue weighted by Gasteiger charge is -2.20. The molecule has 0 aliphatic heterocycles. The Labute approximate surface area is 138 Å². The Balaban J connectivity index is 2.34. The van der Waals surface area contributed by atoms with Crippen LogP contribution < -0.4 is 15.9 Å². The molecule has 0 bridgehead atoms. The summed E-state index contributed by atoms with van der Waals surface area (Å²) >= 11 is 0. The standard InChI is InChI=1S/C18H15O5P/c19-12-3-1-5-16(8-12)24(23,17-6-2-4-13(20)9-17)18-10-14(21)7-15(22)11-18/h1-11,19-22H. The Morgan fingerprint density at radius 3 is 1.38 bits per heavy atom. The lowest BCUT2D eigenvalue weighted by atomic mass is 10.3. The highest BCUT2D eigenvalue weighted by atomic mass is 31.2. The van der Waals surface area contributed by atoms with Gasteiger partial charge in [-0.2, -0.15) is 0 Å². The summed E-state index contributed by atoms with van der Waals surface area (Å²) in [5.41, 5.74) is 0. The van der Waals surface area contributed by atoms with Crippen LogP contribution in [0.3, 0.4) is 0 Å². The molecule has 0 aliphatic rings. The number of benzene rings is 3. The highest BCUT2D eigenvalue weighted by Gasteiger charge is 2.31. The first kappa shape index (κ1) is 16.0. The molecule has 0 saturated carbocycles. The molecule has 0 aliphatic carbocycles. The minimum Gasteiger partial charge on any atom is -0.508 e. The van der Waals surface area contributed by atoms with Crippen molar-refractivity contribution in [3.63, 3.8) is 0 Å². The number of hydrogen-bond acceptors (Lipinski definition) is 5. The van der Waals surface area contributed by atoms with Gasteiger partial charge in [-0.05, 0) is 36.4 Å². The SMILES string of the molecule is O=P(c1cccc(O)c1)(c1cccc(O)c1)c1cc(O)cc(O)c1. The summed E-state index contributed by atoms with van der Waals surface area (Å²) < 4.78 is 14.0. The van der Waals surface area contributed by atoms with E-state index in [-0.39, 0.29) is 28.3 Å². The van der Waals surface area contributed by atoms with E-state index in [1.807, 2.05) is 0 Å². The van der Waals surface area contributed by atoms with Crippen molar-refractivity contribution in [3.05, 3.63) is 66.7 Å². The summed E-state index contributed by atoms with van der Waals surface area (Å²) in [4.78, 5) is 0. The van der Waals surface area contributed by atoms with Crippen LogP contribution in [0.4, 0.5) is 0 Å². The van der Waals surface area contributed by atoms with E-state index in [0.717, 1.165) is 6.07 Å². The van der Waals surface area contributed by atoms with Crippen LogP contribution in [0.5, 0.6) is 23.0 Å². The number of aromatic hydroxyl groups is 4. The second-order valence-electron chi connectivity index (χ2n) is 5.36. The Morgan fingerprint density at radius 1 is 0.542 bits per heavy atom. The molecule has 0 amide bonds. The van der Waals surface area contributed by atoms with Gasteiger partial charge in [-0.3, -0.25) is 0 Å². The molecule has 24 heavy (non-hydrogen) atoms. The molecule has 5 nitrogen and oxygen atoms in total. The van der Waals surface area contributed by atoms with Crippen LogP contribution in [0.1, 0.15) is 0 Å². The Morgan fingerprint density at radius 2 is 0.958 bits per heavy atom. The van der Waals surface area contributed by atoms with Gasteiger partial charge in [-0.1, -0.05) is 24.3 Å². The topological polar surface area (TPSA) is 98.0 Å². The molecule has 0 aromatic heterocycles. The first-order valence-corrected chi connectivity index (χ1v) is 8.83. The highest BCUT2D eigenvalue weighted by molar-refractivity contribution is 7.85. The van der Waals surface area contributed by atoms with Crippen molar-refractivity contribution in [3.8, 4) is 23.0 Å². The summed E-state index contributed by atoms with van der Waals surface area (Å²) in [6, 6.07) is 15.7. The van der Waals surface area contributed by atoms with E-state index in [4.69, 9.17) is 0 Å². The van der Waals surface area contributed by atoms with Crippen LogP contribution >= 0.6 is 7.14 Å². The normalized spacial score (nSPS) is 11.3. The molecule has 0 heterocycles. The molecule has 0 radical (unpaired) electrons. The molecule has 3 aromatic rings. The van der Waals surface area contributed by atoms with Gasteiger partial charge < -0.3 is 25.0 Å². The van der Waals surface area contributed by atoms with Crippen molar-refractivity contribution < 1.29 is 25.0 Å². The summed E-state index contributed by atoms with van der Waals surface area (Å²) in [5, 5.41) is 39.9. The summed E-state index contributed by atoms with van der Waals surface area (Å²) in [6.45, 7) is 0. The van der Waals surface area contributed by atoms with Gasteiger partial charge >= 0.3 is 0 Å². The lowest BCUT2D eigenvalue weighted by Crippen LogP contribution is -2.25. The van der Waals surface area contributed by atoms with Gasteiger partial charge in [0.25, 0.3) is 0 Å². The van der Waals surface area contributed by atoms with Crippen LogP contribution in [0.25, 0.3) is 0 Å². The van der Waals surface area contributed by atoms with E-state index in [9.17, 15) is 25.0 Å². The van der Waals surface area contributed by atoms with Crippen molar-refractivity contribution in [2.24, 2.45) is 0 Å². The molecular weight excluding hydrogens is 327 g/mol. The first-order chi connectivity index (χ1) is 11.4. The molecule has 3 aromatic carbocycles. The smallest absolute Gasteiger partial charge is 0.171 e. The van der Waals surface area contributed by atoms with Crippen molar-refractivity contribution in [1.82, 2.24) is 0 Å². The van der Waals surface area contributed by atoms with Crippen molar-refractivity contribution >= 4 is 23.1 Å². The van der Waals surface area contributed by atoms with E-state index in [0.29, 0.717) is 10.6 Å². The maximum atomic E-state index is 14.0. The third kappa shape index (κ3) is 2.82. The molecule has 3 rings (SSSR count). The van der Waals surface area contributed by atoms with Crippen molar-refractivity contribution in [2.75, 3.05) is 0 Å². The fourth-order valence-corrected chi connectivity index (χ4v) is 5.33. The third-order valence-corrected chi connectivity index (χ3v) is 6.63. The van der Waals surface area contributed by atoms with Gasteiger partial charge in [0.1, 0.15) is 23.0 Å². The average molecular weight is 342 g/mol. The first-order valence-electron chi connectivity index (χ1n) is 7.12. The van der Waals surface area contributed by atoms with E-state index in [2.05, 4.69) is 0 Å². The van der Waals surface area contributed by atoms with E-state index < -0.39 is 7.14 Å². The monoisotopic (exact) mass is 342 g/mol. The molecule has 0 spiro atoms. The minimum absolute atomic E-state index is 0.0581. The molecular formula is C18H15O5P. The van der Waals surface area contributed by atoms with Gasteiger partial charge in [0.15, 0.2) is 7.14 Å². The van der Waals surface area contributed by atoms with Gasteiger partial charge in [-0.25, -0.2) is 0 Å². The zero-order valence-corrected chi connectivity index (χ0v) is 13.4. The molecule has 6 heteroatoms. The van der Waals surface area contributed by atoms with Gasteiger partial charge in [0.05, 0.1) is 0 Å². The van der Waals surface area contributed by atoms with Crippen molar-refractivity contribution in [2.45, 2.75) is 0 Å². The fraction of sp³-hybridized carbons (Fsp3) is 0. The third-order valence-electron chi connectivity index (χ3n) is 3.64. The Bertz CT molecular complexity index is 882. The Kier molecular flexibility index (Phi) is 3.96. The van der Waals surface area contributed by atoms with Gasteiger partial charge in [-0.15, -0.1) is 0 Å². The zero-order valence-electron chi connectivity index (χ0n) is 12.5. The molecule has 0 atom stereocenters.